The highest BCUT2D eigenvalue weighted by atomic mass is 32.2. The normalized spacial score (nSPS) is 16.3. The van der Waals surface area contributed by atoms with Gasteiger partial charge in [-0.3, -0.25) is 13.9 Å². The minimum Gasteiger partial charge on any atom is -0.505 e. The summed E-state index contributed by atoms with van der Waals surface area (Å²) in [6.45, 7) is -0.643. The summed E-state index contributed by atoms with van der Waals surface area (Å²) in [5.74, 6) is -1.37. The number of hydrogen-bond donors (Lipinski definition) is 1. The van der Waals surface area contributed by atoms with Gasteiger partial charge in [0.25, 0.3) is 10.0 Å². The number of Topliss-reactive ketones (excluding diaryl/α,β-unsaturated/α-hetero) is 2. The molecule has 162 valence electrons. The molecule has 0 unspecified atom stereocenters. The number of methoxy groups -OCH3 is 1. The number of ketones is 2. The van der Waals surface area contributed by atoms with Crippen molar-refractivity contribution in [2.24, 2.45) is 0 Å². The van der Waals surface area contributed by atoms with Crippen LogP contribution in [0.25, 0.3) is 5.76 Å². The molecule has 0 atom stereocenters. The van der Waals surface area contributed by atoms with E-state index in [1.165, 1.54) is 43.5 Å². The molecule has 3 aromatic carbocycles. The third-order valence-corrected chi connectivity index (χ3v) is 6.92. The van der Waals surface area contributed by atoms with Gasteiger partial charge in [0.1, 0.15) is 11.4 Å². The van der Waals surface area contributed by atoms with Gasteiger partial charge in [-0.15, -0.1) is 0 Å². The molecule has 8 heteroatoms. The molecule has 1 heterocycles. The largest absolute Gasteiger partial charge is 0.505 e. The Morgan fingerprint density at radius 1 is 0.938 bits per heavy atom. The number of fused-ring (bicyclic) bond motifs is 1. The van der Waals surface area contributed by atoms with Crippen molar-refractivity contribution in [1.82, 2.24) is 4.31 Å². The van der Waals surface area contributed by atoms with Gasteiger partial charge in [-0.2, -0.15) is 0 Å². The lowest BCUT2D eigenvalue weighted by Gasteiger charge is -2.31. The number of hydrogen-bond acceptors (Lipinski definition) is 6. The molecule has 0 bridgehead atoms. The van der Waals surface area contributed by atoms with Gasteiger partial charge in [-0.1, -0.05) is 54.6 Å². The average molecular weight is 449 g/mol. The van der Waals surface area contributed by atoms with Crippen molar-refractivity contribution >= 4 is 27.3 Å². The van der Waals surface area contributed by atoms with Gasteiger partial charge in [0.05, 0.1) is 18.6 Å². The van der Waals surface area contributed by atoms with E-state index in [0.29, 0.717) is 10.1 Å². The quantitative estimate of drug-likeness (QED) is 0.362. The number of aliphatic hydroxyl groups excluding tert-OH is 1. The van der Waals surface area contributed by atoms with Gasteiger partial charge in [0.2, 0.25) is 5.78 Å². The summed E-state index contributed by atoms with van der Waals surface area (Å²) in [5.41, 5.74) is -0.0877. The number of sulfonamides is 1. The predicted molar refractivity (Wildman–Crippen MR) is 118 cm³/mol. The zero-order valence-electron chi connectivity index (χ0n) is 17.1. The Balaban J connectivity index is 1.92. The van der Waals surface area contributed by atoms with E-state index in [-0.39, 0.29) is 21.6 Å². The molecule has 0 spiro atoms. The number of allylic oxidation sites excluding steroid dienone is 1. The summed E-state index contributed by atoms with van der Waals surface area (Å²) in [6.07, 6.45) is 0. The standard InChI is InChI=1S/C24H19NO6S/c1-31-18-11-7-10-17(14-18)23(27)22-24(28)19-12-5-6-13-21(19)32(29,30)25(22)15-20(26)16-8-3-2-4-9-16/h2-14,27H,15H2,1H3/b23-22+. The van der Waals surface area contributed by atoms with E-state index in [1.807, 2.05) is 0 Å². The maximum atomic E-state index is 13.4. The summed E-state index contributed by atoms with van der Waals surface area (Å²) in [5, 5.41) is 11.0. The van der Waals surface area contributed by atoms with Gasteiger partial charge in [0, 0.05) is 16.7 Å². The summed E-state index contributed by atoms with van der Waals surface area (Å²) in [6, 6.07) is 20.1. The lowest BCUT2D eigenvalue weighted by atomic mass is 10.0. The zero-order chi connectivity index (χ0) is 22.9. The van der Waals surface area contributed by atoms with E-state index in [0.717, 1.165) is 0 Å². The fraction of sp³-hybridized carbons (Fsp3) is 0.0833. The summed E-state index contributed by atoms with van der Waals surface area (Å²) in [7, 11) is -2.85. The number of ether oxygens (including phenoxy) is 1. The first-order chi connectivity index (χ1) is 15.3. The number of carbonyl (C=O) groups excluding carboxylic acids is 2. The highest BCUT2D eigenvalue weighted by molar-refractivity contribution is 7.89. The molecule has 0 aliphatic carbocycles. The van der Waals surface area contributed by atoms with Gasteiger partial charge < -0.3 is 9.84 Å². The summed E-state index contributed by atoms with van der Waals surface area (Å²) in [4.78, 5) is 26.0. The van der Waals surface area contributed by atoms with E-state index < -0.39 is 39.6 Å². The number of nitrogens with zero attached hydrogens (tertiary/aromatic N) is 1. The van der Waals surface area contributed by atoms with E-state index in [1.54, 1.807) is 42.5 Å². The van der Waals surface area contributed by atoms with Crippen LogP contribution in [0.15, 0.2) is 89.5 Å². The van der Waals surface area contributed by atoms with Crippen LogP contribution in [0.3, 0.4) is 0 Å². The second-order valence-corrected chi connectivity index (χ2v) is 8.89. The molecular formula is C24H19NO6S. The first-order valence-electron chi connectivity index (χ1n) is 9.67. The molecular weight excluding hydrogens is 430 g/mol. The number of aliphatic hydroxyl groups is 1. The molecule has 0 saturated heterocycles. The second kappa shape index (κ2) is 8.32. The topological polar surface area (TPSA) is 101 Å². The second-order valence-electron chi connectivity index (χ2n) is 7.06. The van der Waals surface area contributed by atoms with Crippen molar-refractivity contribution in [3.05, 3.63) is 101 Å². The van der Waals surface area contributed by atoms with Crippen LogP contribution in [0.1, 0.15) is 26.3 Å². The van der Waals surface area contributed by atoms with Crippen molar-refractivity contribution in [1.29, 1.82) is 0 Å². The average Bonchev–Trinajstić information content (AvgIpc) is 2.83. The van der Waals surface area contributed by atoms with E-state index in [9.17, 15) is 23.1 Å². The van der Waals surface area contributed by atoms with Crippen LogP contribution >= 0.6 is 0 Å². The van der Waals surface area contributed by atoms with Crippen LogP contribution in [0.4, 0.5) is 0 Å². The molecule has 32 heavy (non-hydrogen) atoms. The molecule has 0 amide bonds. The minimum atomic E-state index is -4.29. The molecule has 1 N–H and O–H groups in total. The Kier molecular flexibility index (Phi) is 5.54. The Bertz CT molecular complexity index is 1350. The highest BCUT2D eigenvalue weighted by Crippen LogP contribution is 2.36. The number of rotatable bonds is 5. The maximum absolute atomic E-state index is 13.4. The van der Waals surface area contributed by atoms with Crippen LogP contribution in [0, 0.1) is 0 Å². The highest BCUT2D eigenvalue weighted by Gasteiger charge is 2.42. The van der Waals surface area contributed by atoms with Crippen LogP contribution in [0.2, 0.25) is 0 Å². The van der Waals surface area contributed by atoms with Crippen LogP contribution in [0.5, 0.6) is 5.75 Å². The van der Waals surface area contributed by atoms with Gasteiger partial charge in [-0.25, -0.2) is 8.42 Å². The third kappa shape index (κ3) is 3.65. The van der Waals surface area contributed by atoms with Crippen LogP contribution in [-0.4, -0.2) is 43.1 Å². The lowest BCUT2D eigenvalue weighted by Crippen LogP contribution is -2.42. The molecule has 0 fully saturated rings. The Morgan fingerprint density at radius 2 is 1.59 bits per heavy atom. The van der Waals surface area contributed by atoms with Gasteiger partial charge in [-0.05, 0) is 24.3 Å². The van der Waals surface area contributed by atoms with Crippen LogP contribution in [-0.2, 0) is 10.0 Å². The Morgan fingerprint density at radius 3 is 2.31 bits per heavy atom. The zero-order valence-corrected chi connectivity index (χ0v) is 17.9. The lowest BCUT2D eigenvalue weighted by molar-refractivity contribution is 0.0952. The van der Waals surface area contributed by atoms with Crippen molar-refractivity contribution in [2.75, 3.05) is 13.7 Å². The maximum Gasteiger partial charge on any atom is 0.265 e. The van der Waals surface area contributed by atoms with Crippen molar-refractivity contribution in [3.8, 4) is 5.75 Å². The van der Waals surface area contributed by atoms with Crippen LogP contribution < -0.4 is 4.74 Å². The summed E-state index contributed by atoms with van der Waals surface area (Å²) >= 11 is 0. The van der Waals surface area contributed by atoms with Crippen molar-refractivity contribution in [3.63, 3.8) is 0 Å². The first kappa shape index (κ1) is 21.3. The number of benzene rings is 3. The molecule has 1 aliphatic rings. The van der Waals surface area contributed by atoms with Crippen molar-refractivity contribution in [2.45, 2.75) is 4.90 Å². The molecule has 0 saturated carbocycles. The van der Waals surface area contributed by atoms with Gasteiger partial charge >= 0.3 is 0 Å². The molecule has 0 radical (unpaired) electrons. The van der Waals surface area contributed by atoms with E-state index in [4.69, 9.17) is 4.74 Å². The smallest absolute Gasteiger partial charge is 0.265 e. The molecule has 3 aromatic rings. The predicted octanol–water partition coefficient (Wildman–Crippen LogP) is 3.69. The molecule has 1 aliphatic heterocycles. The first-order valence-corrected chi connectivity index (χ1v) is 11.1. The number of carbonyl (C=O) groups is 2. The molecule has 4 rings (SSSR count). The SMILES string of the molecule is COc1cccc(/C(O)=C2/C(=O)c3ccccc3S(=O)(=O)N2CC(=O)c2ccccc2)c1. The Labute approximate surface area is 185 Å². The van der Waals surface area contributed by atoms with E-state index in [2.05, 4.69) is 0 Å². The van der Waals surface area contributed by atoms with Crippen molar-refractivity contribution < 1.29 is 27.9 Å². The van der Waals surface area contributed by atoms with E-state index >= 15 is 0 Å². The molecule has 0 aromatic heterocycles. The molecule has 7 nitrogen and oxygen atoms in total. The fourth-order valence-corrected chi connectivity index (χ4v) is 5.12. The monoisotopic (exact) mass is 449 g/mol. The third-order valence-electron chi connectivity index (χ3n) is 5.11. The minimum absolute atomic E-state index is 0.0691. The fourth-order valence-electron chi connectivity index (χ4n) is 3.50. The summed E-state index contributed by atoms with van der Waals surface area (Å²) < 4.78 is 32.7. The Hall–Kier alpha value is -3.91. The van der Waals surface area contributed by atoms with Gasteiger partial charge in [0.15, 0.2) is 11.5 Å².